The van der Waals surface area contributed by atoms with E-state index in [0.29, 0.717) is 31.6 Å². The molecule has 21 heavy (non-hydrogen) atoms. The first-order chi connectivity index (χ1) is 9.98. The third-order valence-electron chi connectivity index (χ3n) is 3.43. The van der Waals surface area contributed by atoms with Crippen LogP contribution in [0.5, 0.6) is 0 Å². The van der Waals surface area contributed by atoms with Gasteiger partial charge in [-0.1, -0.05) is 0 Å². The van der Waals surface area contributed by atoms with E-state index in [1.165, 1.54) is 23.1 Å². The summed E-state index contributed by atoms with van der Waals surface area (Å²) in [4.78, 5) is 11.8. The van der Waals surface area contributed by atoms with Crippen molar-refractivity contribution in [2.75, 3.05) is 32.6 Å². The molecule has 0 unspecified atom stereocenters. The Morgan fingerprint density at radius 2 is 2.14 bits per heavy atom. The molecule has 8 heteroatoms. The highest BCUT2D eigenvalue weighted by Crippen LogP contribution is 2.16. The molecule has 1 aromatic rings. The van der Waals surface area contributed by atoms with Crippen LogP contribution in [0.3, 0.4) is 0 Å². The number of carbonyl (C=O) groups is 1. The molecular weight excluding hydrogens is 296 g/mol. The van der Waals surface area contributed by atoms with Crippen LogP contribution in [0.4, 0.5) is 0 Å². The monoisotopic (exact) mass is 316 g/mol. The molecule has 1 amide bonds. The third-order valence-corrected chi connectivity index (χ3v) is 4.76. The topological polar surface area (TPSA) is 88.9 Å². The maximum Gasteiger partial charge on any atom is 0.254 e. The second-order valence-electron chi connectivity index (χ2n) is 4.99. The number of rotatable bonds is 6. The molecule has 1 N–H and O–H groups in total. The number of hydrogen-bond acceptors (Lipinski definition) is 5. The lowest BCUT2D eigenvalue weighted by Crippen LogP contribution is -2.46. The van der Waals surface area contributed by atoms with E-state index in [1.54, 1.807) is 6.07 Å². The molecular formula is C13H20N2O5S. The van der Waals surface area contributed by atoms with Crippen molar-refractivity contribution in [2.24, 2.45) is 0 Å². The van der Waals surface area contributed by atoms with E-state index in [2.05, 4.69) is 5.32 Å². The Hall–Kier alpha value is -1.38. The Bertz CT molecular complexity index is 549. The van der Waals surface area contributed by atoms with Crippen molar-refractivity contribution in [1.82, 2.24) is 9.62 Å². The number of furan rings is 1. The first kappa shape index (κ1) is 16.0. The molecule has 2 rings (SSSR count). The summed E-state index contributed by atoms with van der Waals surface area (Å²) in [5.74, 6) is -0.274. The molecule has 0 atom stereocenters. The lowest BCUT2D eigenvalue weighted by Gasteiger charge is -2.32. The van der Waals surface area contributed by atoms with Gasteiger partial charge in [0.15, 0.2) is 0 Å². The second-order valence-corrected chi connectivity index (χ2v) is 6.92. The van der Waals surface area contributed by atoms with E-state index in [-0.39, 0.29) is 25.0 Å². The van der Waals surface area contributed by atoms with Gasteiger partial charge in [0, 0.05) is 32.3 Å². The van der Waals surface area contributed by atoms with Crippen molar-refractivity contribution in [3.63, 3.8) is 0 Å². The minimum absolute atomic E-state index is 0.0559. The smallest absolute Gasteiger partial charge is 0.254 e. The van der Waals surface area contributed by atoms with Gasteiger partial charge in [-0.05, 0) is 18.9 Å². The van der Waals surface area contributed by atoms with Crippen LogP contribution in [0.15, 0.2) is 23.0 Å². The fourth-order valence-corrected chi connectivity index (χ4v) is 3.54. The molecule has 0 spiro atoms. The van der Waals surface area contributed by atoms with Gasteiger partial charge in [0.05, 0.1) is 18.1 Å². The van der Waals surface area contributed by atoms with Crippen LogP contribution in [0.2, 0.25) is 0 Å². The van der Waals surface area contributed by atoms with Crippen molar-refractivity contribution in [3.8, 4) is 0 Å². The van der Waals surface area contributed by atoms with Gasteiger partial charge in [-0.15, -0.1) is 0 Å². The first-order valence-electron chi connectivity index (χ1n) is 6.83. The number of hydrogen-bond donors (Lipinski definition) is 1. The van der Waals surface area contributed by atoms with Crippen molar-refractivity contribution in [2.45, 2.75) is 18.9 Å². The van der Waals surface area contributed by atoms with Gasteiger partial charge in [0.25, 0.3) is 5.91 Å². The van der Waals surface area contributed by atoms with Crippen molar-refractivity contribution >= 4 is 15.9 Å². The molecule has 0 bridgehead atoms. The standard InChI is InChI=1S/C13H20N2O5S/c1-21(17,18)15(12-3-8-19-9-4-12)6-5-14-13(16)11-2-7-20-10-11/h2,7,10,12H,3-6,8-9H2,1H3,(H,14,16). The molecule has 1 aliphatic rings. The van der Waals surface area contributed by atoms with Crippen molar-refractivity contribution in [3.05, 3.63) is 24.2 Å². The lowest BCUT2D eigenvalue weighted by molar-refractivity contribution is 0.0585. The third kappa shape index (κ3) is 4.55. The highest BCUT2D eigenvalue weighted by Gasteiger charge is 2.28. The fraction of sp³-hybridized carbons (Fsp3) is 0.615. The second kappa shape index (κ2) is 7.06. The minimum atomic E-state index is -3.31. The average Bonchev–Trinajstić information content (AvgIpc) is 2.97. The highest BCUT2D eigenvalue weighted by atomic mass is 32.2. The van der Waals surface area contributed by atoms with E-state index in [4.69, 9.17) is 9.15 Å². The molecule has 0 aromatic carbocycles. The normalized spacial score (nSPS) is 17.0. The molecule has 2 heterocycles. The molecule has 0 radical (unpaired) electrons. The Morgan fingerprint density at radius 1 is 1.43 bits per heavy atom. The van der Waals surface area contributed by atoms with E-state index in [1.807, 2.05) is 0 Å². The van der Waals surface area contributed by atoms with Gasteiger partial charge in [-0.25, -0.2) is 8.42 Å². The Kier molecular flexibility index (Phi) is 5.38. The zero-order chi connectivity index (χ0) is 15.3. The number of ether oxygens (including phenoxy) is 1. The molecule has 1 aliphatic heterocycles. The lowest BCUT2D eigenvalue weighted by atomic mass is 10.1. The van der Waals surface area contributed by atoms with Crippen LogP contribution in [0.25, 0.3) is 0 Å². The maximum absolute atomic E-state index is 11.9. The predicted molar refractivity (Wildman–Crippen MR) is 76.4 cm³/mol. The molecule has 0 aliphatic carbocycles. The summed E-state index contributed by atoms with van der Waals surface area (Å²) >= 11 is 0. The van der Waals surface area contributed by atoms with Crippen LogP contribution < -0.4 is 5.32 Å². The van der Waals surface area contributed by atoms with Crippen LogP contribution in [-0.2, 0) is 14.8 Å². The summed E-state index contributed by atoms with van der Waals surface area (Å²) < 4.78 is 35.3. The van der Waals surface area contributed by atoms with Gasteiger partial charge >= 0.3 is 0 Å². The fourth-order valence-electron chi connectivity index (χ4n) is 2.37. The Morgan fingerprint density at radius 3 is 2.71 bits per heavy atom. The zero-order valence-electron chi connectivity index (χ0n) is 11.9. The number of nitrogens with zero attached hydrogens (tertiary/aromatic N) is 1. The molecule has 1 aromatic heterocycles. The van der Waals surface area contributed by atoms with E-state index < -0.39 is 10.0 Å². The summed E-state index contributed by atoms with van der Waals surface area (Å²) in [6, 6.07) is 1.50. The molecule has 0 saturated carbocycles. The van der Waals surface area contributed by atoms with Crippen LogP contribution >= 0.6 is 0 Å². The van der Waals surface area contributed by atoms with Gasteiger partial charge in [-0.3, -0.25) is 4.79 Å². The average molecular weight is 316 g/mol. The van der Waals surface area contributed by atoms with Crippen molar-refractivity contribution in [1.29, 1.82) is 0 Å². The van der Waals surface area contributed by atoms with E-state index in [0.717, 1.165) is 0 Å². The number of sulfonamides is 1. The van der Waals surface area contributed by atoms with E-state index >= 15 is 0 Å². The molecule has 7 nitrogen and oxygen atoms in total. The number of nitrogens with one attached hydrogen (secondary N) is 1. The molecule has 1 fully saturated rings. The minimum Gasteiger partial charge on any atom is -0.472 e. The summed E-state index contributed by atoms with van der Waals surface area (Å²) in [7, 11) is -3.31. The van der Waals surface area contributed by atoms with Gasteiger partial charge in [-0.2, -0.15) is 4.31 Å². The van der Waals surface area contributed by atoms with Crippen LogP contribution in [0, 0.1) is 0 Å². The predicted octanol–water partition coefficient (Wildman–Crippen LogP) is 0.450. The van der Waals surface area contributed by atoms with Gasteiger partial charge < -0.3 is 14.5 Å². The van der Waals surface area contributed by atoms with Crippen LogP contribution in [-0.4, -0.2) is 57.2 Å². The van der Waals surface area contributed by atoms with Crippen LogP contribution in [0.1, 0.15) is 23.2 Å². The molecule has 118 valence electrons. The summed E-state index contributed by atoms with van der Waals surface area (Å²) in [6.07, 6.45) is 5.33. The summed E-state index contributed by atoms with van der Waals surface area (Å²) in [5.41, 5.74) is 0.423. The number of amides is 1. The molecule has 1 saturated heterocycles. The zero-order valence-corrected chi connectivity index (χ0v) is 12.8. The SMILES string of the molecule is CS(=O)(=O)N(CCNC(=O)c1ccoc1)C1CCOCC1. The summed E-state index contributed by atoms with van der Waals surface area (Å²) in [5, 5.41) is 2.69. The largest absolute Gasteiger partial charge is 0.472 e. The number of carbonyl (C=O) groups excluding carboxylic acids is 1. The Labute approximate surface area is 124 Å². The highest BCUT2D eigenvalue weighted by molar-refractivity contribution is 7.88. The van der Waals surface area contributed by atoms with Gasteiger partial charge in [0.2, 0.25) is 10.0 Å². The van der Waals surface area contributed by atoms with E-state index in [9.17, 15) is 13.2 Å². The first-order valence-corrected chi connectivity index (χ1v) is 8.68. The quantitative estimate of drug-likeness (QED) is 0.823. The Balaban J connectivity index is 1.89. The van der Waals surface area contributed by atoms with Crippen molar-refractivity contribution < 1.29 is 22.4 Å². The maximum atomic E-state index is 11.9. The summed E-state index contributed by atoms with van der Waals surface area (Å²) in [6.45, 7) is 1.65. The van der Waals surface area contributed by atoms with Gasteiger partial charge in [0.1, 0.15) is 6.26 Å².